The average Bonchev–Trinajstić information content (AvgIpc) is 2.72. The minimum absolute atomic E-state index is 0.889. The molecule has 0 aromatic carbocycles. The first-order valence-corrected chi connectivity index (χ1v) is 5.49. The van der Waals surface area contributed by atoms with Gasteiger partial charge in [-0.1, -0.05) is 0 Å². The molecular formula is C9H11IN4. The minimum atomic E-state index is 0.889. The second-order valence-electron chi connectivity index (χ2n) is 3.09. The molecule has 0 saturated carbocycles. The lowest BCUT2D eigenvalue weighted by Crippen LogP contribution is -2.08. The van der Waals surface area contributed by atoms with E-state index in [1.165, 1.54) is 3.57 Å². The standard InChI is InChI=1S/C9H11IN4/c1-8-11-2-3-13(8)4-5-14-7-9(10)6-12-14/h2-3,6-7H,4-5H2,1H3. The van der Waals surface area contributed by atoms with Gasteiger partial charge in [-0.3, -0.25) is 4.68 Å². The summed E-state index contributed by atoms with van der Waals surface area (Å²) in [5.74, 6) is 1.05. The molecule has 0 bridgehead atoms. The van der Waals surface area contributed by atoms with E-state index in [0.717, 1.165) is 18.9 Å². The van der Waals surface area contributed by atoms with E-state index in [9.17, 15) is 0 Å². The fraction of sp³-hybridized carbons (Fsp3) is 0.333. The Bertz CT molecular complexity index is 418. The van der Waals surface area contributed by atoms with E-state index >= 15 is 0 Å². The molecule has 0 saturated heterocycles. The number of rotatable bonds is 3. The van der Waals surface area contributed by atoms with Gasteiger partial charge in [0.25, 0.3) is 0 Å². The van der Waals surface area contributed by atoms with Gasteiger partial charge in [0.2, 0.25) is 0 Å². The van der Waals surface area contributed by atoms with Crippen molar-refractivity contribution in [1.82, 2.24) is 19.3 Å². The van der Waals surface area contributed by atoms with Crippen LogP contribution >= 0.6 is 22.6 Å². The number of hydrogen-bond donors (Lipinski definition) is 0. The minimum Gasteiger partial charge on any atom is -0.333 e. The number of nitrogens with zero attached hydrogens (tertiary/aromatic N) is 4. The lowest BCUT2D eigenvalue weighted by atomic mass is 10.5. The fourth-order valence-corrected chi connectivity index (χ4v) is 1.76. The number of aryl methyl sites for hydroxylation is 3. The second-order valence-corrected chi connectivity index (χ2v) is 4.34. The molecule has 14 heavy (non-hydrogen) atoms. The van der Waals surface area contributed by atoms with Gasteiger partial charge >= 0.3 is 0 Å². The number of hydrogen-bond acceptors (Lipinski definition) is 2. The molecule has 0 fully saturated rings. The Labute approximate surface area is 96.1 Å². The molecule has 0 spiro atoms. The molecule has 2 rings (SSSR count). The molecule has 0 aliphatic carbocycles. The zero-order valence-electron chi connectivity index (χ0n) is 7.89. The van der Waals surface area contributed by atoms with Gasteiger partial charge in [-0.05, 0) is 29.5 Å². The van der Waals surface area contributed by atoms with Gasteiger partial charge in [-0.15, -0.1) is 0 Å². The summed E-state index contributed by atoms with van der Waals surface area (Å²) in [6.07, 6.45) is 7.71. The Morgan fingerprint density at radius 1 is 1.43 bits per heavy atom. The molecular weight excluding hydrogens is 291 g/mol. The Hall–Kier alpha value is -0.850. The van der Waals surface area contributed by atoms with E-state index in [4.69, 9.17) is 0 Å². The molecule has 5 heteroatoms. The van der Waals surface area contributed by atoms with Crippen LogP contribution in [0.4, 0.5) is 0 Å². The summed E-state index contributed by atoms with van der Waals surface area (Å²) in [4.78, 5) is 4.17. The van der Waals surface area contributed by atoms with Gasteiger partial charge in [-0.25, -0.2) is 4.98 Å². The van der Waals surface area contributed by atoms with Crippen LogP contribution in [0, 0.1) is 10.5 Å². The first kappa shape index (κ1) is 9.70. The topological polar surface area (TPSA) is 35.6 Å². The lowest BCUT2D eigenvalue weighted by Gasteiger charge is -2.04. The zero-order chi connectivity index (χ0) is 9.97. The van der Waals surface area contributed by atoms with Crippen molar-refractivity contribution in [3.05, 3.63) is 34.2 Å². The van der Waals surface area contributed by atoms with Crippen molar-refractivity contribution < 1.29 is 0 Å². The molecule has 0 amide bonds. The van der Waals surface area contributed by atoms with E-state index in [1.807, 2.05) is 36.4 Å². The van der Waals surface area contributed by atoms with Gasteiger partial charge in [0.1, 0.15) is 5.82 Å². The van der Waals surface area contributed by atoms with Crippen molar-refractivity contribution in [2.75, 3.05) is 0 Å². The van der Waals surface area contributed by atoms with E-state index in [-0.39, 0.29) is 0 Å². The van der Waals surface area contributed by atoms with Crippen LogP contribution in [-0.2, 0) is 13.1 Å². The number of aromatic nitrogens is 4. The lowest BCUT2D eigenvalue weighted by molar-refractivity contribution is 0.526. The van der Waals surface area contributed by atoms with Crippen LogP contribution in [0.5, 0.6) is 0 Å². The summed E-state index contributed by atoms with van der Waals surface area (Å²) < 4.78 is 5.24. The molecule has 0 atom stereocenters. The SMILES string of the molecule is Cc1nccn1CCn1cc(I)cn1. The third-order valence-corrected chi connectivity index (χ3v) is 2.65. The predicted molar refractivity (Wildman–Crippen MR) is 61.9 cm³/mol. The molecule has 0 unspecified atom stereocenters. The highest BCUT2D eigenvalue weighted by molar-refractivity contribution is 14.1. The molecule has 2 heterocycles. The van der Waals surface area contributed by atoms with Gasteiger partial charge < -0.3 is 4.57 Å². The molecule has 0 aliphatic heterocycles. The normalized spacial score (nSPS) is 10.7. The highest BCUT2D eigenvalue weighted by atomic mass is 127. The summed E-state index contributed by atoms with van der Waals surface area (Å²) in [5.41, 5.74) is 0. The molecule has 0 aliphatic rings. The van der Waals surface area contributed by atoms with Gasteiger partial charge in [0.15, 0.2) is 0 Å². The third kappa shape index (κ3) is 2.14. The van der Waals surface area contributed by atoms with Crippen molar-refractivity contribution in [2.24, 2.45) is 0 Å². The van der Waals surface area contributed by atoms with Crippen LogP contribution in [0.25, 0.3) is 0 Å². The Kier molecular flexibility index (Phi) is 2.85. The smallest absolute Gasteiger partial charge is 0.105 e. The maximum atomic E-state index is 4.22. The molecule has 0 radical (unpaired) electrons. The van der Waals surface area contributed by atoms with Crippen LogP contribution in [0.2, 0.25) is 0 Å². The van der Waals surface area contributed by atoms with Crippen LogP contribution in [-0.4, -0.2) is 19.3 Å². The maximum Gasteiger partial charge on any atom is 0.105 e. The molecule has 2 aromatic rings. The first-order chi connectivity index (χ1) is 6.75. The van der Waals surface area contributed by atoms with Gasteiger partial charge in [0, 0.05) is 25.1 Å². The van der Waals surface area contributed by atoms with Gasteiger partial charge in [-0.2, -0.15) is 5.10 Å². The molecule has 2 aromatic heterocycles. The summed E-state index contributed by atoms with van der Waals surface area (Å²) in [7, 11) is 0. The zero-order valence-corrected chi connectivity index (χ0v) is 10.0. The predicted octanol–water partition coefficient (Wildman–Crippen LogP) is 1.69. The van der Waals surface area contributed by atoms with E-state index in [2.05, 4.69) is 37.2 Å². The third-order valence-electron chi connectivity index (χ3n) is 2.10. The van der Waals surface area contributed by atoms with Crippen molar-refractivity contribution in [1.29, 1.82) is 0 Å². The number of halogens is 1. The van der Waals surface area contributed by atoms with E-state index in [0.29, 0.717) is 0 Å². The van der Waals surface area contributed by atoms with Crippen LogP contribution in [0.3, 0.4) is 0 Å². The highest BCUT2D eigenvalue weighted by Crippen LogP contribution is 2.02. The number of imidazole rings is 1. The second kappa shape index (κ2) is 4.12. The Morgan fingerprint density at radius 3 is 2.86 bits per heavy atom. The molecule has 4 nitrogen and oxygen atoms in total. The fourth-order valence-electron chi connectivity index (χ4n) is 1.31. The van der Waals surface area contributed by atoms with Crippen LogP contribution in [0.15, 0.2) is 24.8 Å². The van der Waals surface area contributed by atoms with Crippen LogP contribution < -0.4 is 0 Å². The average molecular weight is 302 g/mol. The van der Waals surface area contributed by atoms with Crippen molar-refractivity contribution >= 4 is 22.6 Å². The highest BCUT2D eigenvalue weighted by Gasteiger charge is 1.98. The van der Waals surface area contributed by atoms with E-state index in [1.54, 1.807) is 0 Å². The summed E-state index contributed by atoms with van der Waals surface area (Å²) in [6, 6.07) is 0. The maximum absolute atomic E-state index is 4.22. The van der Waals surface area contributed by atoms with Crippen LogP contribution in [0.1, 0.15) is 5.82 Å². The van der Waals surface area contributed by atoms with Crippen molar-refractivity contribution in [3.8, 4) is 0 Å². The summed E-state index contributed by atoms with van der Waals surface area (Å²) >= 11 is 2.26. The summed E-state index contributed by atoms with van der Waals surface area (Å²) in [5, 5.41) is 4.22. The Morgan fingerprint density at radius 2 is 2.29 bits per heavy atom. The van der Waals surface area contributed by atoms with E-state index < -0.39 is 0 Å². The monoisotopic (exact) mass is 302 g/mol. The van der Waals surface area contributed by atoms with Gasteiger partial charge in [0.05, 0.1) is 16.3 Å². The first-order valence-electron chi connectivity index (χ1n) is 4.41. The Balaban J connectivity index is 1.98. The quantitative estimate of drug-likeness (QED) is 0.809. The summed E-state index contributed by atoms with van der Waals surface area (Å²) in [6.45, 7) is 3.82. The molecule has 0 N–H and O–H groups in total. The molecule has 74 valence electrons. The van der Waals surface area contributed by atoms with Crippen molar-refractivity contribution in [3.63, 3.8) is 0 Å². The van der Waals surface area contributed by atoms with Crippen molar-refractivity contribution in [2.45, 2.75) is 20.0 Å². The largest absolute Gasteiger partial charge is 0.333 e.